The molecule has 1 N–H and O–H groups in total. The number of hydrogen-bond acceptors (Lipinski definition) is 4. The molecule has 1 aromatic carbocycles. The molecule has 2 aromatic rings. The molecule has 6 heteroatoms. The van der Waals surface area contributed by atoms with E-state index in [2.05, 4.69) is 10.3 Å². The van der Waals surface area contributed by atoms with E-state index in [0.29, 0.717) is 4.90 Å². The van der Waals surface area contributed by atoms with Crippen LogP contribution in [0.4, 0.5) is 11.6 Å². The molecule has 0 unspecified atom stereocenters. The molecular formula is C12H15N3O2S. The number of anilines is 2. The first-order valence-electron chi connectivity index (χ1n) is 5.43. The molecule has 0 saturated heterocycles. The summed E-state index contributed by atoms with van der Waals surface area (Å²) in [7, 11) is -1.25. The van der Waals surface area contributed by atoms with Crippen LogP contribution in [0.2, 0.25) is 0 Å². The highest BCUT2D eigenvalue weighted by Crippen LogP contribution is 2.18. The third kappa shape index (κ3) is 2.70. The molecular weight excluding hydrogens is 250 g/mol. The van der Waals surface area contributed by atoms with E-state index in [1.165, 1.54) is 6.26 Å². The van der Waals surface area contributed by atoms with Gasteiger partial charge < -0.3 is 9.88 Å². The summed E-state index contributed by atoms with van der Waals surface area (Å²) in [6.45, 7) is 1.91. The van der Waals surface area contributed by atoms with Crippen LogP contribution in [-0.4, -0.2) is 24.2 Å². The van der Waals surface area contributed by atoms with E-state index >= 15 is 0 Å². The molecule has 1 aromatic heterocycles. The number of hydrogen-bond donors (Lipinski definition) is 1. The minimum absolute atomic E-state index is 0.309. The van der Waals surface area contributed by atoms with Crippen LogP contribution in [0, 0.1) is 6.92 Å². The maximum absolute atomic E-state index is 11.3. The van der Waals surface area contributed by atoms with Gasteiger partial charge in [0.15, 0.2) is 9.84 Å². The van der Waals surface area contributed by atoms with Crippen molar-refractivity contribution in [2.75, 3.05) is 11.6 Å². The lowest BCUT2D eigenvalue weighted by Gasteiger charge is -2.06. The Kier molecular flexibility index (Phi) is 3.13. The Morgan fingerprint density at radius 3 is 2.28 bits per heavy atom. The van der Waals surface area contributed by atoms with Gasteiger partial charge in [0.1, 0.15) is 0 Å². The summed E-state index contributed by atoms with van der Waals surface area (Å²) in [6.07, 6.45) is 3.10. The van der Waals surface area contributed by atoms with Gasteiger partial charge >= 0.3 is 0 Å². The molecule has 18 heavy (non-hydrogen) atoms. The van der Waals surface area contributed by atoms with E-state index in [4.69, 9.17) is 0 Å². The zero-order valence-corrected chi connectivity index (χ0v) is 11.3. The zero-order chi connectivity index (χ0) is 13.3. The van der Waals surface area contributed by atoms with E-state index in [0.717, 1.165) is 17.3 Å². The van der Waals surface area contributed by atoms with Crippen molar-refractivity contribution in [1.29, 1.82) is 0 Å². The van der Waals surface area contributed by atoms with Crippen LogP contribution >= 0.6 is 0 Å². The summed E-state index contributed by atoms with van der Waals surface area (Å²) in [6, 6.07) is 6.60. The summed E-state index contributed by atoms with van der Waals surface area (Å²) < 4.78 is 24.5. The lowest BCUT2D eigenvalue weighted by molar-refractivity contribution is 0.602. The molecule has 0 aliphatic carbocycles. The van der Waals surface area contributed by atoms with Crippen molar-refractivity contribution in [2.24, 2.45) is 7.05 Å². The summed E-state index contributed by atoms with van der Waals surface area (Å²) in [5.41, 5.74) is 1.73. The first kappa shape index (κ1) is 12.6. The van der Waals surface area contributed by atoms with Gasteiger partial charge in [-0.05, 0) is 31.2 Å². The van der Waals surface area contributed by atoms with Crippen LogP contribution in [0.3, 0.4) is 0 Å². The Balaban J connectivity index is 2.24. The second-order valence-electron chi connectivity index (χ2n) is 4.24. The number of rotatable bonds is 3. The average Bonchev–Trinajstić information content (AvgIpc) is 2.57. The molecule has 0 fully saturated rings. The van der Waals surface area contributed by atoms with Gasteiger partial charge in [0.2, 0.25) is 5.95 Å². The lowest BCUT2D eigenvalue weighted by Crippen LogP contribution is -2.00. The molecule has 0 spiro atoms. The van der Waals surface area contributed by atoms with Crippen LogP contribution in [0.5, 0.6) is 0 Å². The fourth-order valence-corrected chi connectivity index (χ4v) is 2.28. The fourth-order valence-electron chi connectivity index (χ4n) is 1.65. The van der Waals surface area contributed by atoms with Crippen molar-refractivity contribution in [3.05, 3.63) is 36.2 Å². The second kappa shape index (κ2) is 4.45. The fraction of sp³-hybridized carbons (Fsp3) is 0.250. The first-order chi connectivity index (χ1) is 8.36. The Morgan fingerprint density at radius 2 is 1.83 bits per heavy atom. The summed E-state index contributed by atoms with van der Waals surface area (Å²) >= 11 is 0. The van der Waals surface area contributed by atoms with E-state index in [-0.39, 0.29) is 0 Å². The predicted molar refractivity (Wildman–Crippen MR) is 70.8 cm³/mol. The van der Waals surface area contributed by atoms with Gasteiger partial charge in [-0.3, -0.25) is 0 Å². The number of aromatic nitrogens is 2. The van der Waals surface area contributed by atoms with E-state index < -0.39 is 9.84 Å². The molecule has 0 amide bonds. The van der Waals surface area contributed by atoms with Gasteiger partial charge in [-0.1, -0.05) is 0 Å². The number of imidazole rings is 1. The SMILES string of the molecule is Cc1cn(C)c(Nc2ccc(S(C)(=O)=O)cc2)n1. The highest BCUT2D eigenvalue weighted by molar-refractivity contribution is 7.90. The quantitative estimate of drug-likeness (QED) is 0.920. The number of nitrogens with zero attached hydrogens (tertiary/aromatic N) is 2. The van der Waals surface area contributed by atoms with Crippen LogP contribution in [-0.2, 0) is 16.9 Å². The van der Waals surface area contributed by atoms with Crippen LogP contribution in [0.1, 0.15) is 5.69 Å². The highest BCUT2D eigenvalue weighted by atomic mass is 32.2. The van der Waals surface area contributed by atoms with Gasteiger partial charge in [0.05, 0.1) is 10.6 Å². The van der Waals surface area contributed by atoms with Crippen molar-refractivity contribution in [2.45, 2.75) is 11.8 Å². The molecule has 1 heterocycles. The van der Waals surface area contributed by atoms with E-state index in [1.807, 2.05) is 24.7 Å². The topological polar surface area (TPSA) is 64.0 Å². The number of sulfone groups is 1. The monoisotopic (exact) mass is 265 g/mol. The highest BCUT2D eigenvalue weighted by Gasteiger charge is 2.07. The smallest absolute Gasteiger partial charge is 0.207 e. The van der Waals surface area contributed by atoms with Crippen molar-refractivity contribution < 1.29 is 8.42 Å². The number of aryl methyl sites for hydroxylation is 2. The summed E-state index contributed by atoms with van der Waals surface area (Å²) in [5.74, 6) is 0.722. The molecule has 2 rings (SSSR count). The minimum Gasteiger partial charge on any atom is -0.326 e. The maximum atomic E-state index is 11.3. The Morgan fingerprint density at radius 1 is 1.22 bits per heavy atom. The van der Waals surface area contributed by atoms with Gasteiger partial charge in [0.25, 0.3) is 0 Å². The Hall–Kier alpha value is -1.82. The van der Waals surface area contributed by atoms with Gasteiger partial charge in [-0.15, -0.1) is 0 Å². The molecule has 0 saturated carbocycles. The molecule has 96 valence electrons. The molecule has 0 bridgehead atoms. The first-order valence-corrected chi connectivity index (χ1v) is 7.32. The van der Waals surface area contributed by atoms with Crippen LogP contribution in [0.15, 0.2) is 35.4 Å². The van der Waals surface area contributed by atoms with Crippen molar-refractivity contribution in [3.63, 3.8) is 0 Å². The predicted octanol–water partition coefficient (Wildman–Crippen LogP) is 1.88. The standard InChI is InChI=1S/C12H15N3O2S/c1-9-8-15(2)12(13-9)14-10-4-6-11(7-5-10)18(3,16)17/h4-8H,1-3H3,(H,13,14). The minimum atomic E-state index is -3.15. The molecule has 0 radical (unpaired) electrons. The molecule has 5 nitrogen and oxygen atoms in total. The zero-order valence-electron chi connectivity index (χ0n) is 10.5. The van der Waals surface area contributed by atoms with E-state index in [9.17, 15) is 8.42 Å². The van der Waals surface area contributed by atoms with Gasteiger partial charge in [0, 0.05) is 25.2 Å². The van der Waals surface area contributed by atoms with Crippen LogP contribution in [0.25, 0.3) is 0 Å². The summed E-state index contributed by atoms with van der Waals surface area (Å²) in [4.78, 5) is 4.62. The van der Waals surface area contributed by atoms with Crippen LogP contribution < -0.4 is 5.32 Å². The van der Waals surface area contributed by atoms with E-state index in [1.54, 1.807) is 24.3 Å². The second-order valence-corrected chi connectivity index (χ2v) is 6.25. The van der Waals surface area contributed by atoms with Gasteiger partial charge in [-0.25, -0.2) is 13.4 Å². The maximum Gasteiger partial charge on any atom is 0.207 e. The number of benzene rings is 1. The molecule has 0 atom stereocenters. The average molecular weight is 265 g/mol. The largest absolute Gasteiger partial charge is 0.326 e. The Bertz CT molecular complexity index is 657. The molecule has 0 aliphatic rings. The lowest BCUT2D eigenvalue weighted by atomic mass is 10.3. The van der Waals surface area contributed by atoms with Gasteiger partial charge in [-0.2, -0.15) is 0 Å². The number of nitrogens with one attached hydrogen (secondary N) is 1. The van der Waals surface area contributed by atoms with Crippen molar-refractivity contribution in [1.82, 2.24) is 9.55 Å². The van der Waals surface area contributed by atoms with Crippen molar-refractivity contribution in [3.8, 4) is 0 Å². The Labute approximate surface area is 106 Å². The molecule has 0 aliphatic heterocycles. The summed E-state index contributed by atoms with van der Waals surface area (Å²) in [5, 5.41) is 3.13. The third-order valence-corrected chi connectivity index (χ3v) is 3.66. The third-order valence-electron chi connectivity index (χ3n) is 2.54. The normalized spacial score (nSPS) is 11.5. The van der Waals surface area contributed by atoms with Crippen molar-refractivity contribution >= 4 is 21.5 Å².